The first kappa shape index (κ1) is 17.4. The van der Waals surface area contributed by atoms with Gasteiger partial charge in [0.2, 0.25) is 11.8 Å². The molecule has 2 aliphatic rings. The van der Waals surface area contributed by atoms with Gasteiger partial charge in [0.1, 0.15) is 0 Å². The molecule has 1 N–H and O–H groups in total. The average Bonchev–Trinajstić information content (AvgIpc) is 2.98. The first-order valence-corrected chi connectivity index (χ1v) is 8.79. The van der Waals surface area contributed by atoms with Crippen molar-refractivity contribution in [1.82, 2.24) is 4.90 Å². The number of rotatable bonds is 4. The smallest absolute Gasteiger partial charge is 0.269 e. The molecule has 0 spiro atoms. The fourth-order valence-corrected chi connectivity index (χ4v) is 3.73. The van der Waals surface area contributed by atoms with E-state index in [-0.39, 0.29) is 35.9 Å². The number of nitrogens with one attached hydrogen (secondary N) is 1. The lowest BCUT2D eigenvalue weighted by Gasteiger charge is -2.33. The van der Waals surface area contributed by atoms with Crippen LogP contribution in [0, 0.1) is 22.0 Å². The van der Waals surface area contributed by atoms with Crippen LogP contribution >= 0.6 is 0 Å². The summed E-state index contributed by atoms with van der Waals surface area (Å²) in [6, 6.07) is 5.98. The maximum Gasteiger partial charge on any atom is 0.269 e. The summed E-state index contributed by atoms with van der Waals surface area (Å²) in [6.07, 6.45) is 4.54. The summed E-state index contributed by atoms with van der Waals surface area (Å²) in [6.45, 7) is 2.71. The van der Waals surface area contributed by atoms with Crippen molar-refractivity contribution < 1.29 is 14.5 Å². The number of nitrogens with zero attached hydrogens (tertiary/aromatic N) is 2. The monoisotopic (exact) mass is 345 g/mol. The molecule has 0 radical (unpaired) electrons. The van der Waals surface area contributed by atoms with Gasteiger partial charge in [0, 0.05) is 36.8 Å². The Hall–Kier alpha value is -2.44. The van der Waals surface area contributed by atoms with Crippen molar-refractivity contribution in [1.29, 1.82) is 0 Å². The second kappa shape index (κ2) is 7.21. The maximum absolute atomic E-state index is 12.4. The van der Waals surface area contributed by atoms with Gasteiger partial charge in [-0.3, -0.25) is 19.7 Å². The predicted octanol–water partition coefficient (Wildman–Crippen LogP) is 2.96. The lowest BCUT2D eigenvalue weighted by molar-refractivity contribution is -0.384. The summed E-state index contributed by atoms with van der Waals surface area (Å²) >= 11 is 0. The number of hydrogen-bond acceptors (Lipinski definition) is 4. The van der Waals surface area contributed by atoms with E-state index >= 15 is 0 Å². The van der Waals surface area contributed by atoms with Crippen molar-refractivity contribution in [2.75, 3.05) is 11.9 Å². The largest absolute Gasteiger partial charge is 0.339 e. The van der Waals surface area contributed by atoms with Crippen molar-refractivity contribution in [2.24, 2.45) is 11.8 Å². The minimum atomic E-state index is -0.482. The lowest BCUT2D eigenvalue weighted by atomic mass is 9.87. The zero-order chi connectivity index (χ0) is 18.0. The number of anilines is 1. The van der Waals surface area contributed by atoms with Crippen LogP contribution in [0.5, 0.6) is 0 Å². The fourth-order valence-electron chi connectivity index (χ4n) is 3.73. The number of carbonyl (C=O) groups excluding carboxylic acids is 2. The van der Waals surface area contributed by atoms with Crippen LogP contribution in [0.1, 0.15) is 39.0 Å². The van der Waals surface area contributed by atoms with Crippen LogP contribution in [0.25, 0.3) is 0 Å². The highest BCUT2D eigenvalue weighted by Crippen LogP contribution is 2.31. The van der Waals surface area contributed by atoms with Crippen molar-refractivity contribution in [2.45, 2.75) is 45.1 Å². The number of hydrogen-bond donors (Lipinski definition) is 1. The molecular weight excluding hydrogens is 322 g/mol. The highest BCUT2D eigenvalue weighted by Gasteiger charge is 2.38. The first-order chi connectivity index (χ1) is 11.9. The normalized spacial score (nSPS) is 26.5. The molecule has 2 amide bonds. The predicted molar refractivity (Wildman–Crippen MR) is 93.0 cm³/mol. The van der Waals surface area contributed by atoms with E-state index in [1.165, 1.54) is 24.3 Å². The molecule has 134 valence electrons. The van der Waals surface area contributed by atoms with Crippen LogP contribution in [-0.4, -0.2) is 34.2 Å². The van der Waals surface area contributed by atoms with Crippen LogP contribution in [-0.2, 0) is 9.59 Å². The van der Waals surface area contributed by atoms with Crippen LogP contribution in [0.15, 0.2) is 24.3 Å². The molecule has 7 heteroatoms. The number of nitro groups is 1. The zero-order valence-electron chi connectivity index (χ0n) is 14.3. The van der Waals surface area contributed by atoms with E-state index in [4.69, 9.17) is 0 Å². The minimum Gasteiger partial charge on any atom is -0.339 e. The Morgan fingerprint density at radius 2 is 1.84 bits per heavy atom. The van der Waals surface area contributed by atoms with E-state index in [0.717, 1.165) is 31.6 Å². The molecule has 0 bridgehead atoms. The molecule has 3 rings (SSSR count). The fraction of sp³-hybridized carbons (Fsp3) is 0.556. The van der Waals surface area contributed by atoms with Crippen LogP contribution in [0.4, 0.5) is 11.4 Å². The van der Waals surface area contributed by atoms with Gasteiger partial charge in [-0.15, -0.1) is 0 Å². The van der Waals surface area contributed by atoms with Crippen LogP contribution in [0.3, 0.4) is 0 Å². The van der Waals surface area contributed by atoms with Crippen LogP contribution in [0.2, 0.25) is 0 Å². The molecule has 1 atom stereocenters. The third-order valence-electron chi connectivity index (χ3n) is 5.30. The van der Waals surface area contributed by atoms with Gasteiger partial charge in [-0.2, -0.15) is 0 Å². The molecular formula is C18H23N3O4. The molecule has 1 aromatic carbocycles. The zero-order valence-corrected chi connectivity index (χ0v) is 14.3. The van der Waals surface area contributed by atoms with Gasteiger partial charge in [-0.05, 0) is 43.7 Å². The lowest BCUT2D eigenvalue weighted by Crippen LogP contribution is -2.39. The van der Waals surface area contributed by atoms with Gasteiger partial charge in [0.15, 0.2) is 0 Å². The Kier molecular flexibility index (Phi) is 5.01. The SMILES string of the molecule is CC1CCC(N2CC(C(=O)Nc3ccc([N+](=O)[O-])cc3)CC2=O)CC1. The molecule has 1 aliphatic heterocycles. The number of amides is 2. The first-order valence-electron chi connectivity index (χ1n) is 8.79. The van der Waals surface area contributed by atoms with E-state index in [0.29, 0.717) is 12.2 Å². The quantitative estimate of drug-likeness (QED) is 0.671. The van der Waals surface area contributed by atoms with Gasteiger partial charge >= 0.3 is 0 Å². The summed E-state index contributed by atoms with van der Waals surface area (Å²) in [5.74, 6) is 0.217. The standard InChI is InChI=1S/C18H23N3O4/c1-12-2-6-15(7-3-12)20-11-13(10-17(20)22)18(23)19-14-4-8-16(9-5-14)21(24)25/h4-5,8-9,12-13,15H,2-3,6-7,10-11H2,1H3,(H,19,23). The topological polar surface area (TPSA) is 92.6 Å². The Morgan fingerprint density at radius 1 is 1.20 bits per heavy atom. The van der Waals surface area contributed by atoms with Crippen molar-refractivity contribution >= 4 is 23.2 Å². The maximum atomic E-state index is 12.4. The summed E-state index contributed by atoms with van der Waals surface area (Å²) in [4.78, 5) is 36.8. The van der Waals surface area contributed by atoms with Gasteiger partial charge in [-0.25, -0.2) is 0 Å². The molecule has 7 nitrogen and oxygen atoms in total. The van der Waals surface area contributed by atoms with Gasteiger partial charge < -0.3 is 10.2 Å². The van der Waals surface area contributed by atoms with E-state index < -0.39 is 4.92 Å². The van der Waals surface area contributed by atoms with E-state index in [1.807, 2.05) is 4.90 Å². The third-order valence-corrected chi connectivity index (χ3v) is 5.30. The molecule has 1 saturated heterocycles. The molecule has 25 heavy (non-hydrogen) atoms. The number of nitro benzene ring substituents is 1. The number of benzene rings is 1. The average molecular weight is 345 g/mol. The second-order valence-electron chi connectivity index (χ2n) is 7.15. The van der Waals surface area contributed by atoms with Crippen LogP contribution < -0.4 is 5.32 Å². The molecule has 1 unspecified atom stereocenters. The van der Waals surface area contributed by atoms with E-state index in [1.54, 1.807) is 0 Å². The molecule has 2 fully saturated rings. The third kappa shape index (κ3) is 3.97. The summed E-state index contributed by atoms with van der Waals surface area (Å²) in [7, 11) is 0. The summed E-state index contributed by atoms with van der Waals surface area (Å²) in [5, 5.41) is 13.4. The molecule has 1 saturated carbocycles. The number of non-ortho nitro benzene ring substituents is 1. The van der Waals surface area contributed by atoms with Crippen molar-refractivity contribution in [3.8, 4) is 0 Å². The van der Waals surface area contributed by atoms with Gasteiger partial charge in [-0.1, -0.05) is 6.92 Å². The summed E-state index contributed by atoms with van der Waals surface area (Å²) in [5.41, 5.74) is 0.486. The Morgan fingerprint density at radius 3 is 2.44 bits per heavy atom. The van der Waals surface area contributed by atoms with Crippen molar-refractivity contribution in [3.05, 3.63) is 34.4 Å². The highest BCUT2D eigenvalue weighted by atomic mass is 16.6. The molecule has 1 aromatic rings. The van der Waals surface area contributed by atoms with E-state index in [9.17, 15) is 19.7 Å². The number of likely N-dealkylation sites (tertiary alicyclic amines) is 1. The van der Waals surface area contributed by atoms with Crippen molar-refractivity contribution in [3.63, 3.8) is 0 Å². The number of carbonyl (C=O) groups is 2. The highest BCUT2D eigenvalue weighted by molar-refractivity contribution is 5.97. The Bertz CT molecular complexity index is 665. The second-order valence-corrected chi connectivity index (χ2v) is 7.15. The Balaban J connectivity index is 1.58. The molecule has 1 aliphatic carbocycles. The summed E-state index contributed by atoms with van der Waals surface area (Å²) < 4.78 is 0. The Labute approximate surface area is 146 Å². The molecule has 1 heterocycles. The minimum absolute atomic E-state index is 0.0215. The van der Waals surface area contributed by atoms with E-state index in [2.05, 4.69) is 12.2 Å². The van der Waals surface area contributed by atoms with Gasteiger partial charge in [0.05, 0.1) is 10.8 Å². The molecule has 0 aromatic heterocycles. The van der Waals surface area contributed by atoms with Gasteiger partial charge in [0.25, 0.3) is 5.69 Å².